The molecule has 1 amide bonds. The van der Waals surface area contributed by atoms with Gasteiger partial charge in [0.25, 0.3) is 0 Å². The lowest BCUT2D eigenvalue weighted by atomic mass is 10.1. The maximum Gasteiger partial charge on any atom is 0.416 e. The first-order chi connectivity index (χ1) is 13.8. The first-order valence-electron chi connectivity index (χ1n) is 8.88. The van der Waals surface area contributed by atoms with Gasteiger partial charge in [0.2, 0.25) is 5.91 Å². The Kier molecular flexibility index (Phi) is 6.26. The first kappa shape index (κ1) is 20.9. The van der Waals surface area contributed by atoms with E-state index in [1.165, 1.54) is 19.1 Å². The van der Waals surface area contributed by atoms with E-state index >= 15 is 0 Å². The van der Waals surface area contributed by atoms with Crippen LogP contribution >= 0.6 is 11.8 Å². The number of hydrogen-bond acceptors (Lipinski definition) is 4. The van der Waals surface area contributed by atoms with Crippen LogP contribution < -0.4 is 5.32 Å². The molecule has 0 bridgehead atoms. The van der Waals surface area contributed by atoms with Crippen molar-refractivity contribution in [1.82, 2.24) is 14.8 Å². The van der Waals surface area contributed by atoms with E-state index in [2.05, 4.69) is 15.5 Å². The fourth-order valence-corrected chi connectivity index (χ4v) is 3.59. The molecule has 0 saturated heterocycles. The summed E-state index contributed by atoms with van der Waals surface area (Å²) in [6, 6.07) is 11.5. The molecule has 0 unspecified atom stereocenters. The Labute approximate surface area is 170 Å². The Hall–Kier alpha value is -2.81. The van der Waals surface area contributed by atoms with Crippen molar-refractivity contribution in [3.8, 4) is 5.69 Å². The van der Waals surface area contributed by atoms with Crippen molar-refractivity contribution in [3.05, 3.63) is 65.5 Å². The number of alkyl halides is 3. The molecule has 0 spiro atoms. The van der Waals surface area contributed by atoms with Gasteiger partial charge in [0.05, 0.1) is 17.0 Å². The normalized spacial score (nSPS) is 11.5. The smallest absolute Gasteiger partial charge is 0.325 e. The molecule has 29 heavy (non-hydrogen) atoms. The number of carbonyl (C=O) groups excluding carboxylic acids is 1. The third-order valence-electron chi connectivity index (χ3n) is 4.31. The Bertz CT molecular complexity index is 1020. The second-order valence-electron chi connectivity index (χ2n) is 6.33. The van der Waals surface area contributed by atoms with Gasteiger partial charge in [-0.1, -0.05) is 43.0 Å². The number of benzene rings is 2. The van der Waals surface area contributed by atoms with Crippen LogP contribution in [0.5, 0.6) is 0 Å². The first-order valence-corrected chi connectivity index (χ1v) is 9.87. The summed E-state index contributed by atoms with van der Waals surface area (Å²) < 4.78 is 40.9. The fourth-order valence-electron chi connectivity index (χ4n) is 2.87. The van der Waals surface area contributed by atoms with E-state index in [1.54, 1.807) is 10.9 Å². The summed E-state index contributed by atoms with van der Waals surface area (Å²) in [5, 5.41) is 11.0. The number of carbonyl (C=O) groups is 1. The van der Waals surface area contributed by atoms with Gasteiger partial charge in [-0.25, -0.2) is 0 Å². The van der Waals surface area contributed by atoms with Gasteiger partial charge >= 0.3 is 6.18 Å². The molecule has 1 aromatic heterocycles. The van der Waals surface area contributed by atoms with Crippen LogP contribution in [-0.4, -0.2) is 26.4 Å². The van der Waals surface area contributed by atoms with Gasteiger partial charge in [-0.3, -0.25) is 9.36 Å². The number of nitrogens with one attached hydrogen (secondary N) is 1. The predicted octanol–water partition coefficient (Wildman–Crippen LogP) is 4.89. The number of hydrogen-bond donors (Lipinski definition) is 1. The Balaban J connectivity index is 1.69. The second-order valence-corrected chi connectivity index (χ2v) is 7.27. The van der Waals surface area contributed by atoms with E-state index in [9.17, 15) is 18.0 Å². The second kappa shape index (κ2) is 8.69. The van der Waals surface area contributed by atoms with Crippen LogP contribution in [0.3, 0.4) is 0 Å². The molecular weight excluding hydrogens is 401 g/mol. The highest BCUT2D eigenvalue weighted by atomic mass is 32.2. The minimum atomic E-state index is -4.47. The lowest BCUT2D eigenvalue weighted by Crippen LogP contribution is -2.16. The zero-order valence-corrected chi connectivity index (χ0v) is 16.6. The lowest BCUT2D eigenvalue weighted by Gasteiger charge is -2.13. The Morgan fingerprint density at radius 3 is 2.69 bits per heavy atom. The molecule has 0 aliphatic carbocycles. The van der Waals surface area contributed by atoms with Crippen molar-refractivity contribution in [3.63, 3.8) is 0 Å². The van der Waals surface area contributed by atoms with E-state index in [1.807, 2.05) is 31.2 Å². The number of aromatic nitrogens is 3. The molecule has 2 aromatic carbocycles. The molecule has 1 N–H and O–H groups in total. The fraction of sp³-hybridized carbons (Fsp3) is 0.250. The van der Waals surface area contributed by atoms with Crippen LogP contribution in [-0.2, 0) is 17.4 Å². The average molecular weight is 420 g/mol. The van der Waals surface area contributed by atoms with Gasteiger partial charge in [0.15, 0.2) is 5.16 Å². The monoisotopic (exact) mass is 420 g/mol. The minimum absolute atomic E-state index is 0.0117. The standard InChI is InChI=1S/C20H19F3N4OS/c1-3-14-6-4-5-7-17(14)27-12-24-26-19(27)29-11-18(28)25-15-9-8-13(2)16(10-15)20(21,22)23/h4-10,12H,3,11H2,1-2H3,(H,25,28). The molecular formula is C20H19F3N4OS. The summed E-state index contributed by atoms with van der Waals surface area (Å²) >= 11 is 1.16. The third-order valence-corrected chi connectivity index (χ3v) is 5.25. The van der Waals surface area contributed by atoms with Gasteiger partial charge in [-0.15, -0.1) is 10.2 Å². The Morgan fingerprint density at radius 1 is 1.21 bits per heavy atom. The Morgan fingerprint density at radius 2 is 1.97 bits per heavy atom. The van der Waals surface area contributed by atoms with Crippen molar-refractivity contribution in [2.45, 2.75) is 31.6 Å². The maximum atomic E-state index is 13.0. The van der Waals surface area contributed by atoms with Crippen LogP contribution in [0.1, 0.15) is 23.6 Å². The maximum absolute atomic E-state index is 13.0. The van der Waals surface area contributed by atoms with E-state index < -0.39 is 17.6 Å². The molecule has 3 aromatic rings. The number of halogens is 3. The molecule has 3 rings (SSSR count). The van der Waals surface area contributed by atoms with Crippen molar-refractivity contribution in [2.24, 2.45) is 0 Å². The predicted molar refractivity (Wildman–Crippen MR) is 106 cm³/mol. The highest BCUT2D eigenvalue weighted by molar-refractivity contribution is 7.99. The van der Waals surface area contributed by atoms with Crippen LogP contribution in [0.4, 0.5) is 18.9 Å². The highest BCUT2D eigenvalue weighted by Crippen LogP contribution is 2.33. The quantitative estimate of drug-likeness (QED) is 0.577. The number of rotatable bonds is 6. The van der Waals surface area contributed by atoms with Crippen LogP contribution in [0.2, 0.25) is 0 Å². The lowest BCUT2D eigenvalue weighted by molar-refractivity contribution is -0.138. The molecule has 152 valence electrons. The van der Waals surface area contributed by atoms with Crippen molar-refractivity contribution < 1.29 is 18.0 Å². The molecule has 9 heteroatoms. The number of para-hydroxylation sites is 1. The van der Waals surface area contributed by atoms with E-state index in [4.69, 9.17) is 0 Å². The SMILES string of the molecule is CCc1ccccc1-n1cnnc1SCC(=O)Nc1ccc(C)c(C(F)(F)F)c1. The molecule has 0 radical (unpaired) electrons. The topological polar surface area (TPSA) is 59.8 Å². The third kappa shape index (κ3) is 4.97. The molecule has 1 heterocycles. The zero-order chi connectivity index (χ0) is 21.0. The number of thioether (sulfide) groups is 1. The van der Waals surface area contributed by atoms with Crippen LogP contribution in [0.15, 0.2) is 53.9 Å². The van der Waals surface area contributed by atoms with Gasteiger partial charge in [-0.05, 0) is 42.7 Å². The van der Waals surface area contributed by atoms with Crippen molar-refractivity contribution in [1.29, 1.82) is 0 Å². The summed E-state index contributed by atoms with van der Waals surface area (Å²) in [4.78, 5) is 12.3. The summed E-state index contributed by atoms with van der Waals surface area (Å²) in [5.41, 5.74) is 1.48. The summed E-state index contributed by atoms with van der Waals surface area (Å²) in [6.07, 6.45) is -2.07. The zero-order valence-electron chi connectivity index (χ0n) is 15.8. The van der Waals surface area contributed by atoms with E-state index in [0.717, 1.165) is 35.5 Å². The van der Waals surface area contributed by atoms with Gasteiger partial charge in [-0.2, -0.15) is 13.2 Å². The number of aryl methyl sites for hydroxylation is 2. The van der Waals surface area contributed by atoms with E-state index in [-0.39, 0.29) is 17.0 Å². The number of amides is 1. The average Bonchev–Trinajstić information content (AvgIpc) is 3.15. The molecule has 0 saturated carbocycles. The molecule has 0 aliphatic heterocycles. The number of nitrogens with zero attached hydrogens (tertiary/aromatic N) is 3. The van der Waals surface area contributed by atoms with Crippen molar-refractivity contribution >= 4 is 23.4 Å². The van der Waals surface area contributed by atoms with Gasteiger partial charge in [0, 0.05) is 5.69 Å². The summed E-state index contributed by atoms with van der Waals surface area (Å²) in [7, 11) is 0. The molecule has 5 nitrogen and oxygen atoms in total. The molecule has 0 atom stereocenters. The molecule has 0 fully saturated rings. The van der Waals surface area contributed by atoms with E-state index in [0.29, 0.717) is 5.16 Å². The highest BCUT2D eigenvalue weighted by Gasteiger charge is 2.32. The minimum Gasteiger partial charge on any atom is -0.325 e. The van der Waals surface area contributed by atoms with Crippen molar-refractivity contribution in [2.75, 3.05) is 11.1 Å². The van der Waals surface area contributed by atoms with Crippen LogP contribution in [0.25, 0.3) is 5.69 Å². The van der Waals surface area contributed by atoms with Gasteiger partial charge in [0.1, 0.15) is 6.33 Å². The van der Waals surface area contributed by atoms with Crippen LogP contribution in [0, 0.1) is 6.92 Å². The molecule has 0 aliphatic rings. The summed E-state index contributed by atoms with van der Waals surface area (Å²) in [5.74, 6) is -0.437. The van der Waals surface area contributed by atoms with Gasteiger partial charge < -0.3 is 5.32 Å². The number of anilines is 1. The summed E-state index contributed by atoms with van der Waals surface area (Å²) in [6.45, 7) is 3.42. The largest absolute Gasteiger partial charge is 0.416 e.